The number of nitrogens with one attached hydrogen (secondary N) is 2. The van der Waals surface area contributed by atoms with Crippen molar-refractivity contribution in [2.75, 3.05) is 5.32 Å². The van der Waals surface area contributed by atoms with E-state index >= 15 is 0 Å². The van der Waals surface area contributed by atoms with Crippen LogP contribution in [0.1, 0.15) is 5.56 Å². The van der Waals surface area contributed by atoms with Gasteiger partial charge in [0.15, 0.2) is 11.6 Å². The molecule has 0 fully saturated rings. The summed E-state index contributed by atoms with van der Waals surface area (Å²) in [5.41, 5.74) is 1.93. The zero-order valence-electron chi connectivity index (χ0n) is 10.4. The van der Waals surface area contributed by atoms with Crippen LogP contribution < -0.4 is 5.32 Å². The summed E-state index contributed by atoms with van der Waals surface area (Å²) in [5.74, 6) is -1.73. The second-order valence-corrected chi connectivity index (χ2v) is 5.15. The number of hydrogen-bond donors (Lipinski definition) is 2. The van der Waals surface area contributed by atoms with Gasteiger partial charge in [0.2, 0.25) is 0 Å². The molecule has 3 nitrogen and oxygen atoms in total. The number of halogens is 2. The molecule has 2 heterocycles. The molecule has 0 aliphatic carbocycles. The number of hydrogen-bond acceptors (Lipinski definition) is 3. The first-order chi connectivity index (χ1) is 9.75. The third-order valence-electron chi connectivity index (χ3n) is 2.91. The van der Waals surface area contributed by atoms with Crippen molar-refractivity contribution in [1.29, 1.82) is 0 Å². The summed E-state index contributed by atoms with van der Waals surface area (Å²) < 4.78 is 26.7. The monoisotopic (exact) mass is 291 g/mol. The minimum atomic E-state index is -0.867. The van der Waals surface area contributed by atoms with Gasteiger partial charge in [-0.2, -0.15) is 5.10 Å². The number of thiophene rings is 1. The van der Waals surface area contributed by atoms with E-state index in [1.807, 2.05) is 17.5 Å². The van der Waals surface area contributed by atoms with Gasteiger partial charge < -0.3 is 5.32 Å². The smallest absolute Gasteiger partial charge is 0.181 e. The number of nitrogens with zero attached hydrogens (tertiary/aromatic N) is 1. The van der Waals surface area contributed by atoms with E-state index < -0.39 is 11.6 Å². The van der Waals surface area contributed by atoms with E-state index in [1.54, 1.807) is 17.5 Å². The van der Waals surface area contributed by atoms with Gasteiger partial charge in [-0.25, -0.2) is 8.78 Å². The summed E-state index contributed by atoms with van der Waals surface area (Å²) in [5, 5.41) is 11.8. The SMILES string of the molecule is Fc1cccc(NCc2cn[nH]c2-c2cccs2)c1F. The van der Waals surface area contributed by atoms with E-state index in [4.69, 9.17) is 0 Å². The second-order valence-electron chi connectivity index (χ2n) is 4.20. The summed E-state index contributed by atoms with van der Waals surface area (Å²) >= 11 is 1.59. The minimum absolute atomic E-state index is 0.142. The molecule has 0 amide bonds. The van der Waals surface area contributed by atoms with Crippen molar-refractivity contribution in [2.45, 2.75) is 6.54 Å². The summed E-state index contributed by atoms with van der Waals surface area (Å²) in [6, 6.07) is 7.99. The Labute approximate surface area is 118 Å². The van der Waals surface area contributed by atoms with Crippen LogP contribution in [0.5, 0.6) is 0 Å². The van der Waals surface area contributed by atoms with Crippen LogP contribution in [0.25, 0.3) is 10.6 Å². The van der Waals surface area contributed by atoms with E-state index in [2.05, 4.69) is 15.5 Å². The largest absolute Gasteiger partial charge is 0.378 e. The molecule has 0 unspecified atom stereocenters. The van der Waals surface area contributed by atoms with Crippen molar-refractivity contribution < 1.29 is 8.78 Å². The maximum atomic E-state index is 13.5. The van der Waals surface area contributed by atoms with Gasteiger partial charge in [-0.3, -0.25) is 5.10 Å². The normalized spacial score (nSPS) is 10.7. The van der Waals surface area contributed by atoms with E-state index in [9.17, 15) is 8.78 Å². The molecule has 0 radical (unpaired) electrons. The maximum Gasteiger partial charge on any atom is 0.181 e. The highest BCUT2D eigenvalue weighted by Gasteiger charge is 2.11. The lowest BCUT2D eigenvalue weighted by Crippen LogP contribution is -2.02. The van der Waals surface area contributed by atoms with Crippen molar-refractivity contribution in [1.82, 2.24) is 10.2 Å². The molecule has 0 saturated carbocycles. The molecule has 1 aromatic carbocycles. The molecule has 2 N–H and O–H groups in total. The fourth-order valence-corrected chi connectivity index (χ4v) is 2.67. The molecular weight excluding hydrogens is 280 g/mol. The van der Waals surface area contributed by atoms with Crippen LogP contribution in [0.2, 0.25) is 0 Å². The molecule has 2 aromatic heterocycles. The fourth-order valence-electron chi connectivity index (χ4n) is 1.91. The lowest BCUT2D eigenvalue weighted by molar-refractivity contribution is 0.511. The molecular formula is C14H11F2N3S. The van der Waals surface area contributed by atoms with Gasteiger partial charge >= 0.3 is 0 Å². The maximum absolute atomic E-state index is 13.5. The third kappa shape index (κ3) is 2.42. The summed E-state index contributed by atoms with van der Waals surface area (Å²) in [6.07, 6.45) is 1.68. The van der Waals surface area contributed by atoms with Gasteiger partial charge in [-0.1, -0.05) is 12.1 Å². The number of anilines is 1. The number of aromatic nitrogens is 2. The average molecular weight is 291 g/mol. The molecule has 0 aliphatic heterocycles. The Morgan fingerprint density at radius 1 is 1.20 bits per heavy atom. The third-order valence-corrected chi connectivity index (χ3v) is 3.79. The number of benzene rings is 1. The number of rotatable bonds is 4. The lowest BCUT2D eigenvalue weighted by atomic mass is 10.2. The highest BCUT2D eigenvalue weighted by molar-refractivity contribution is 7.13. The molecule has 0 saturated heterocycles. The van der Waals surface area contributed by atoms with Crippen LogP contribution in [-0.2, 0) is 6.54 Å². The van der Waals surface area contributed by atoms with E-state index in [0.717, 1.165) is 22.2 Å². The van der Waals surface area contributed by atoms with Crippen molar-refractivity contribution in [2.24, 2.45) is 0 Å². The zero-order chi connectivity index (χ0) is 13.9. The molecule has 0 atom stereocenters. The standard InChI is InChI=1S/C14H11F2N3S/c15-10-3-1-4-11(13(10)16)17-7-9-8-18-19-14(9)12-5-2-6-20-12/h1-6,8,17H,7H2,(H,18,19). The van der Waals surface area contributed by atoms with E-state index in [-0.39, 0.29) is 5.69 Å². The van der Waals surface area contributed by atoms with Gasteiger partial charge in [0.1, 0.15) is 0 Å². The topological polar surface area (TPSA) is 40.7 Å². The quantitative estimate of drug-likeness (QED) is 0.762. The molecule has 0 spiro atoms. The van der Waals surface area contributed by atoms with Crippen molar-refractivity contribution in [3.05, 3.63) is 59.1 Å². The van der Waals surface area contributed by atoms with Crippen LogP contribution in [0, 0.1) is 11.6 Å². The highest BCUT2D eigenvalue weighted by atomic mass is 32.1. The van der Waals surface area contributed by atoms with Gasteiger partial charge in [0, 0.05) is 12.1 Å². The Morgan fingerprint density at radius 2 is 2.10 bits per heavy atom. The molecule has 6 heteroatoms. The predicted octanol–water partition coefficient (Wildman–Crippen LogP) is 4.03. The Bertz CT molecular complexity index is 707. The van der Waals surface area contributed by atoms with Gasteiger partial charge in [-0.15, -0.1) is 11.3 Å². The summed E-state index contributed by atoms with van der Waals surface area (Å²) in [4.78, 5) is 1.05. The zero-order valence-corrected chi connectivity index (χ0v) is 11.2. The van der Waals surface area contributed by atoms with E-state index in [1.165, 1.54) is 12.1 Å². The molecule has 0 bridgehead atoms. The minimum Gasteiger partial charge on any atom is -0.378 e. The first-order valence-electron chi connectivity index (χ1n) is 5.99. The first-order valence-corrected chi connectivity index (χ1v) is 6.87. The predicted molar refractivity (Wildman–Crippen MR) is 75.6 cm³/mol. The summed E-state index contributed by atoms with van der Waals surface area (Å²) in [7, 11) is 0. The molecule has 20 heavy (non-hydrogen) atoms. The van der Waals surface area contributed by atoms with Crippen LogP contribution in [0.15, 0.2) is 41.9 Å². The molecule has 3 aromatic rings. The Hall–Kier alpha value is -2.21. The van der Waals surface area contributed by atoms with Gasteiger partial charge in [0.25, 0.3) is 0 Å². The van der Waals surface area contributed by atoms with Crippen LogP contribution in [0.4, 0.5) is 14.5 Å². The van der Waals surface area contributed by atoms with Crippen molar-refractivity contribution in [3.8, 4) is 10.6 Å². The van der Waals surface area contributed by atoms with Gasteiger partial charge in [-0.05, 0) is 23.6 Å². The fraction of sp³-hybridized carbons (Fsp3) is 0.0714. The Balaban J connectivity index is 1.80. The number of aromatic amines is 1. The van der Waals surface area contributed by atoms with Crippen molar-refractivity contribution in [3.63, 3.8) is 0 Å². The van der Waals surface area contributed by atoms with Crippen LogP contribution in [-0.4, -0.2) is 10.2 Å². The van der Waals surface area contributed by atoms with Crippen molar-refractivity contribution >= 4 is 17.0 Å². The van der Waals surface area contributed by atoms with Gasteiger partial charge in [0.05, 0.1) is 22.5 Å². The number of H-pyrrole nitrogens is 1. The van der Waals surface area contributed by atoms with Crippen LogP contribution in [0.3, 0.4) is 0 Å². The Morgan fingerprint density at radius 3 is 2.90 bits per heavy atom. The average Bonchev–Trinajstić information content (AvgIpc) is 3.10. The van der Waals surface area contributed by atoms with Crippen LogP contribution >= 0.6 is 11.3 Å². The second kappa shape index (κ2) is 5.42. The highest BCUT2D eigenvalue weighted by Crippen LogP contribution is 2.26. The van der Waals surface area contributed by atoms with E-state index in [0.29, 0.717) is 6.54 Å². The molecule has 102 valence electrons. The molecule has 3 rings (SSSR count). The first kappa shape index (κ1) is 12.8. The molecule has 0 aliphatic rings. The summed E-state index contributed by atoms with van der Waals surface area (Å²) in [6.45, 7) is 0.365. The lowest BCUT2D eigenvalue weighted by Gasteiger charge is -2.07. The Kier molecular flexibility index (Phi) is 3.47.